The fourth-order valence-corrected chi connectivity index (χ4v) is 2.86. The van der Waals surface area contributed by atoms with Gasteiger partial charge >= 0.3 is 0 Å². The summed E-state index contributed by atoms with van der Waals surface area (Å²) in [7, 11) is 1.81. The molecule has 0 aliphatic carbocycles. The van der Waals surface area contributed by atoms with Gasteiger partial charge in [-0.2, -0.15) is 0 Å². The average molecular weight is 375 g/mol. The lowest BCUT2D eigenvalue weighted by atomic mass is 10.0. The Kier molecular flexibility index (Phi) is 6.37. The molecular weight excluding hydrogens is 350 g/mol. The summed E-state index contributed by atoms with van der Waals surface area (Å²) < 4.78 is 5.91. The van der Waals surface area contributed by atoms with Crippen molar-refractivity contribution < 1.29 is 9.53 Å². The van der Waals surface area contributed by atoms with Gasteiger partial charge in [-0.1, -0.05) is 44.2 Å². The van der Waals surface area contributed by atoms with Crippen LogP contribution in [0.3, 0.4) is 0 Å². The summed E-state index contributed by atoms with van der Waals surface area (Å²) in [6.07, 6.45) is 4.97. The first-order valence-corrected chi connectivity index (χ1v) is 9.36. The Labute approximate surface area is 166 Å². The minimum atomic E-state index is -0.0441. The van der Waals surface area contributed by atoms with Crippen LogP contribution in [0.15, 0.2) is 67.3 Å². The van der Waals surface area contributed by atoms with Gasteiger partial charge in [-0.05, 0) is 29.7 Å². The van der Waals surface area contributed by atoms with E-state index in [2.05, 4.69) is 23.8 Å². The first-order valence-electron chi connectivity index (χ1n) is 9.36. The molecule has 0 spiro atoms. The number of hydrogen-bond donors (Lipinski definition) is 0. The van der Waals surface area contributed by atoms with E-state index in [1.165, 1.54) is 6.33 Å². The van der Waals surface area contributed by atoms with Gasteiger partial charge in [0, 0.05) is 42.7 Å². The molecule has 0 N–H and O–H groups in total. The zero-order valence-electron chi connectivity index (χ0n) is 16.5. The summed E-state index contributed by atoms with van der Waals surface area (Å²) in [5, 5.41) is 0. The molecule has 0 aliphatic rings. The lowest BCUT2D eigenvalue weighted by Crippen LogP contribution is -2.26. The standard InChI is InChI=1S/C23H25N3O2/c1-17(2)15-28-22-10-5-4-7-20(22)14-26(3)23(27)19-9-6-8-18(11-19)21-12-24-16-25-13-21/h4-13,16-17H,14-15H2,1-3H3. The van der Waals surface area contributed by atoms with Crippen LogP contribution in [0.5, 0.6) is 5.75 Å². The smallest absolute Gasteiger partial charge is 0.253 e. The Morgan fingerprint density at radius 1 is 1.04 bits per heavy atom. The molecule has 0 aliphatic heterocycles. The Balaban J connectivity index is 1.75. The molecule has 1 aromatic heterocycles. The SMILES string of the molecule is CC(C)COc1ccccc1CN(C)C(=O)c1cccc(-c2cncnc2)c1. The number of carbonyl (C=O) groups is 1. The van der Waals surface area contributed by atoms with E-state index in [9.17, 15) is 4.79 Å². The Hall–Kier alpha value is -3.21. The van der Waals surface area contributed by atoms with Gasteiger partial charge in [-0.15, -0.1) is 0 Å². The molecule has 1 amide bonds. The molecule has 144 valence electrons. The van der Waals surface area contributed by atoms with Crippen LogP contribution in [-0.2, 0) is 6.54 Å². The molecule has 5 nitrogen and oxygen atoms in total. The molecule has 0 bridgehead atoms. The Morgan fingerprint density at radius 3 is 2.54 bits per heavy atom. The van der Waals surface area contributed by atoms with Gasteiger partial charge in [0.2, 0.25) is 0 Å². The van der Waals surface area contributed by atoms with Crippen LogP contribution >= 0.6 is 0 Å². The molecule has 2 aromatic carbocycles. The van der Waals surface area contributed by atoms with Crippen molar-refractivity contribution in [1.82, 2.24) is 14.9 Å². The number of rotatable bonds is 7. The number of hydrogen-bond acceptors (Lipinski definition) is 4. The summed E-state index contributed by atoms with van der Waals surface area (Å²) >= 11 is 0. The van der Waals surface area contributed by atoms with Crippen molar-refractivity contribution in [3.05, 3.63) is 78.4 Å². The fraction of sp³-hybridized carbons (Fsp3) is 0.261. The molecule has 0 fully saturated rings. The third kappa shape index (κ3) is 4.94. The second-order valence-electron chi connectivity index (χ2n) is 7.18. The van der Waals surface area contributed by atoms with Gasteiger partial charge in [0.1, 0.15) is 12.1 Å². The lowest BCUT2D eigenvalue weighted by molar-refractivity contribution is 0.0783. The zero-order chi connectivity index (χ0) is 19.9. The Morgan fingerprint density at radius 2 is 1.79 bits per heavy atom. The molecule has 0 saturated heterocycles. The monoisotopic (exact) mass is 375 g/mol. The van der Waals surface area contributed by atoms with Gasteiger partial charge in [-0.3, -0.25) is 4.79 Å². The maximum atomic E-state index is 13.0. The molecule has 28 heavy (non-hydrogen) atoms. The van der Waals surface area contributed by atoms with E-state index in [0.717, 1.165) is 22.4 Å². The van der Waals surface area contributed by atoms with Gasteiger partial charge < -0.3 is 9.64 Å². The van der Waals surface area contributed by atoms with Gasteiger partial charge in [-0.25, -0.2) is 9.97 Å². The fourth-order valence-electron chi connectivity index (χ4n) is 2.86. The number of aromatic nitrogens is 2. The highest BCUT2D eigenvalue weighted by atomic mass is 16.5. The second kappa shape index (κ2) is 9.13. The van der Waals surface area contributed by atoms with Crippen LogP contribution in [0, 0.1) is 5.92 Å². The van der Waals surface area contributed by atoms with Crippen LogP contribution < -0.4 is 4.74 Å². The number of para-hydroxylation sites is 1. The first kappa shape index (κ1) is 19.5. The molecule has 1 heterocycles. The molecule has 3 aromatic rings. The van der Waals surface area contributed by atoms with Crippen molar-refractivity contribution in [3.63, 3.8) is 0 Å². The van der Waals surface area contributed by atoms with Crippen LogP contribution in [0.4, 0.5) is 0 Å². The highest BCUT2D eigenvalue weighted by Crippen LogP contribution is 2.22. The van der Waals surface area contributed by atoms with Crippen LogP contribution in [-0.4, -0.2) is 34.4 Å². The quantitative estimate of drug-likeness (QED) is 0.612. The molecule has 0 atom stereocenters. The minimum absolute atomic E-state index is 0.0441. The number of ether oxygens (including phenoxy) is 1. The normalized spacial score (nSPS) is 10.7. The molecule has 0 unspecified atom stereocenters. The van der Waals surface area contributed by atoms with E-state index in [1.54, 1.807) is 24.3 Å². The molecule has 3 rings (SSSR count). The summed E-state index contributed by atoms with van der Waals surface area (Å²) in [6, 6.07) is 15.4. The molecular formula is C23H25N3O2. The number of nitrogens with zero attached hydrogens (tertiary/aromatic N) is 3. The van der Waals surface area contributed by atoms with E-state index in [-0.39, 0.29) is 5.91 Å². The molecule has 0 radical (unpaired) electrons. The van der Waals surface area contributed by atoms with Crippen LogP contribution in [0.2, 0.25) is 0 Å². The van der Waals surface area contributed by atoms with Crippen molar-refractivity contribution in [1.29, 1.82) is 0 Å². The van der Waals surface area contributed by atoms with Crippen LogP contribution in [0.25, 0.3) is 11.1 Å². The third-order valence-corrected chi connectivity index (χ3v) is 4.30. The highest BCUT2D eigenvalue weighted by molar-refractivity contribution is 5.95. The summed E-state index contributed by atoms with van der Waals surface area (Å²) in [5.41, 5.74) is 3.42. The minimum Gasteiger partial charge on any atom is -0.493 e. The number of benzene rings is 2. The molecule has 0 saturated carbocycles. The lowest BCUT2D eigenvalue weighted by Gasteiger charge is -2.20. The summed E-state index contributed by atoms with van der Waals surface area (Å²) in [5.74, 6) is 1.22. The highest BCUT2D eigenvalue weighted by Gasteiger charge is 2.15. The number of carbonyl (C=O) groups excluding carboxylic acids is 1. The van der Waals surface area contributed by atoms with Gasteiger partial charge in [0.25, 0.3) is 5.91 Å². The predicted octanol–water partition coefficient (Wildman–Crippen LogP) is 4.45. The largest absolute Gasteiger partial charge is 0.493 e. The van der Waals surface area contributed by atoms with E-state index < -0.39 is 0 Å². The summed E-state index contributed by atoms with van der Waals surface area (Å²) in [6.45, 7) is 5.35. The first-order chi connectivity index (χ1) is 13.5. The van der Waals surface area contributed by atoms with Crippen molar-refractivity contribution in [3.8, 4) is 16.9 Å². The maximum Gasteiger partial charge on any atom is 0.253 e. The van der Waals surface area contributed by atoms with E-state index in [1.807, 2.05) is 48.5 Å². The van der Waals surface area contributed by atoms with Gasteiger partial charge in [0.05, 0.1) is 6.61 Å². The number of amides is 1. The average Bonchev–Trinajstić information content (AvgIpc) is 2.73. The topological polar surface area (TPSA) is 55.3 Å². The van der Waals surface area contributed by atoms with Crippen LogP contribution in [0.1, 0.15) is 29.8 Å². The van der Waals surface area contributed by atoms with Crippen molar-refractivity contribution >= 4 is 5.91 Å². The van der Waals surface area contributed by atoms with E-state index >= 15 is 0 Å². The summed E-state index contributed by atoms with van der Waals surface area (Å²) in [4.78, 5) is 22.8. The predicted molar refractivity (Wildman–Crippen MR) is 110 cm³/mol. The Bertz CT molecular complexity index is 926. The second-order valence-corrected chi connectivity index (χ2v) is 7.18. The van der Waals surface area contributed by atoms with Crippen molar-refractivity contribution in [2.75, 3.05) is 13.7 Å². The van der Waals surface area contributed by atoms with E-state index in [0.29, 0.717) is 24.6 Å². The zero-order valence-corrected chi connectivity index (χ0v) is 16.5. The van der Waals surface area contributed by atoms with E-state index in [4.69, 9.17) is 4.74 Å². The van der Waals surface area contributed by atoms with Crippen molar-refractivity contribution in [2.24, 2.45) is 5.92 Å². The molecule has 5 heteroatoms. The third-order valence-electron chi connectivity index (χ3n) is 4.30. The van der Waals surface area contributed by atoms with Crippen molar-refractivity contribution in [2.45, 2.75) is 20.4 Å². The maximum absolute atomic E-state index is 13.0. The van der Waals surface area contributed by atoms with Gasteiger partial charge in [0.15, 0.2) is 0 Å².